The number of hydrogen-bond acceptors (Lipinski definition) is 7. The van der Waals surface area contributed by atoms with E-state index in [-0.39, 0.29) is 17.5 Å². The average Bonchev–Trinajstić information content (AvgIpc) is 3.21. The molecule has 0 aliphatic heterocycles. The molecular formula is C15H17N5O4S. The summed E-state index contributed by atoms with van der Waals surface area (Å²) >= 11 is 0. The summed E-state index contributed by atoms with van der Waals surface area (Å²) in [6.07, 6.45) is 1.44. The van der Waals surface area contributed by atoms with Gasteiger partial charge in [-0.2, -0.15) is 4.98 Å². The van der Waals surface area contributed by atoms with Crippen molar-refractivity contribution in [3.05, 3.63) is 42.2 Å². The van der Waals surface area contributed by atoms with Gasteiger partial charge in [-0.15, -0.1) is 0 Å². The molecule has 0 aliphatic rings. The second kappa shape index (κ2) is 6.65. The lowest BCUT2D eigenvalue weighted by Gasteiger charge is -2.03. The molecule has 0 bridgehead atoms. The minimum atomic E-state index is -3.76. The molecule has 0 amide bonds. The van der Waals surface area contributed by atoms with E-state index in [1.165, 1.54) is 6.20 Å². The minimum absolute atomic E-state index is 0.0584. The van der Waals surface area contributed by atoms with Crippen LogP contribution >= 0.6 is 0 Å². The normalized spacial score (nSPS) is 11.6. The third-order valence-corrected chi connectivity index (χ3v) is 4.86. The van der Waals surface area contributed by atoms with Crippen LogP contribution in [0.3, 0.4) is 0 Å². The number of nitrogens with zero attached hydrogens (tertiary/aromatic N) is 4. The summed E-state index contributed by atoms with van der Waals surface area (Å²) in [5.74, 6) is 1.65. The lowest BCUT2D eigenvalue weighted by atomic mass is 10.2. The molecule has 9 nitrogen and oxygen atoms in total. The maximum Gasteiger partial charge on any atom is 0.260 e. The van der Waals surface area contributed by atoms with Gasteiger partial charge >= 0.3 is 0 Å². The first-order valence-corrected chi connectivity index (χ1v) is 8.84. The predicted octanol–water partition coefficient (Wildman–Crippen LogP) is 1.27. The molecule has 25 heavy (non-hydrogen) atoms. The molecule has 0 saturated heterocycles. The van der Waals surface area contributed by atoms with Crippen molar-refractivity contribution in [1.82, 2.24) is 24.4 Å². The highest BCUT2D eigenvalue weighted by molar-refractivity contribution is 7.89. The molecular weight excluding hydrogens is 346 g/mol. The van der Waals surface area contributed by atoms with Gasteiger partial charge in [0.05, 0.1) is 19.2 Å². The molecule has 2 heterocycles. The number of benzene rings is 1. The van der Waals surface area contributed by atoms with Gasteiger partial charge in [-0.25, -0.2) is 18.1 Å². The molecule has 0 saturated carbocycles. The van der Waals surface area contributed by atoms with Crippen molar-refractivity contribution in [3.63, 3.8) is 0 Å². The van der Waals surface area contributed by atoms with Crippen LogP contribution in [0.2, 0.25) is 0 Å². The van der Waals surface area contributed by atoms with Crippen molar-refractivity contribution in [2.75, 3.05) is 7.11 Å². The Bertz CT molecular complexity index is 974. The minimum Gasteiger partial charge on any atom is -0.496 e. The Morgan fingerprint density at radius 2 is 2.04 bits per heavy atom. The summed E-state index contributed by atoms with van der Waals surface area (Å²) in [4.78, 5) is 8.20. The highest BCUT2D eigenvalue weighted by atomic mass is 32.2. The van der Waals surface area contributed by atoms with Crippen molar-refractivity contribution in [3.8, 4) is 17.1 Å². The van der Waals surface area contributed by atoms with E-state index < -0.39 is 10.0 Å². The lowest BCUT2D eigenvalue weighted by Crippen LogP contribution is -2.23. The largest absolute Gasteiger partial charge is 0.496 e. The molecule has 3 aromatic rings. The van der Waals surface area contributed by atoms with Gasteiger partial charge < -0.3 is 13.8 Å². The monoisotopic (exact) mass is 363 g/mol. The zero-order valence-electron chi connectivity index (χ0n) is 13.9. The van der Waals surface area contributed by atoms with Crippen molar-refractivity contribution < 1.29 is 17.7 Å². The van der Waals surface area contributed by atoms with Crippen molar-refractivity contribution >= 4 is 10.0 Å². The van der Waals surface area contributed by atoms with Gasteiger partial charge in [-0.1, -0.05) is 17.3 Å². The van der Waals surface area contributed by atoms with E-state index in [0.29, 0.717) is 23.0 Å². The number of ether oxygens (including phenoxy) is 1. The molecule has 0 atom stereocenters. The molecule has 0 spiro atoms. The molecule has 0 unspecified atom stereocenters. The van der Waals surface area contributed by atoms with E-state index in [1.807, 2.05) is 12.1 Å². The Morgan fingerprint density at radius 1 is 1.28 bits per heavy atom. The Labute approximate surface area is 144 Å². The Hall–Kier alpha value is -2.72. The maximum absolute atomic E-state index is 12.3. The lowest BCUT2D eigenvalue weighted by molar-refractivity contribution is 0.375. The van der Waals surface area contributed by atoms with E-state index in [9.17, 15) is 8.42 Å². The van der Waals surface area contributed by atoms with Crippen molar-refractivity contribution in [2.24, 2.45) is 7.05 Å². The summed E-state index contributed by atoms with van der Waals surface area (Å²) in [6.45, 7) is 1.58. The highest BCUT2D eigenvalue weighted by Crippen LogP contribution is 2.27. The number of aromatic nitrogens is 4. The number of imidazole rings is 1. The second-order valence-electron chi connectivity index (χ2n) is 5.27. The molecule has 1 N–H and O–H groups in total. The van der Waals surface area contributed by atoms with E-state index in [2.05, 4.69) is 19.8 Å². The van der Waals surface area contributed by atoms with Gasteiger partial charge in [0.2, 0.25) is 11.7 Å². The molecule has 2 aromatic heterocycles. The van der Waals surface area contributed by atoms with Gasteiger partial charge in [-0.05, 0) is 19.1 Å². The number of methoxy groups -OCH3 is 1. The zero-order valence-corrected chi connectivity index (χ0v) is 14.7. The van der Waals surface area contributed by atoms with E-state index in [1.54, 1.807) is 37.8 Å². The van der Waals surface area contributed by atoms with Gasteiger partial charge in [0.15, 0.2) is 5.03 Å². The SMILES string of the molecule is COc1ccccc1-c1noc(CNS(=O)(=O)c2cn(C)c(C)n2)n1. The van der Waals surface area contributed by atoms with Gasteiger partial charge in [0.25, 0.3) is 10.0 Å². The molecule has 0 radical (unpaired) electrons. The second-order valence-corrected chi connectivity index (χ2v) is 6.99. The Kier molecular flexibility index (Phi) is 4.55. The quantitative estimate of drug-likeness (QED) is 0.701. The Morgan fingerprint density at radius 3 is 2.72 bits per heavy atom. The number of rotatable bonds is 6. The van der Waals surface area contributed by atoms with Crippen molar-refractivity contribution in [1.29, 1.82) is 0 Å². The van der Waals surface area contributed by atoms with Gasteiger partial charge in [0.1, 0.15) is 11.6 Å². The average molecular weight is 363 g/mol. The maximum atomic E-state index is 12.3. The molecule has 0 fully saturated rings. The number of para-hydroxylation sites is 1. The molecule has 132 valence electrons. The molecule has 3 rings (SSSR count). The fourth-order valence-corrected chi connectivity index (χ4v) is 3.16. The highest BCUT2D eigenvalue weighted by Gasteiger charge is 2.20. The topological polar surface area (TPSA) is 112 Å². The zero-order chi connectivity index (χ0) is 18.0. The van der Waals surface area contributed by atoms with Gasteiger partial charge in [0, 0.05) is 13.2 Å². The number of nitrogens with one attached hydrogen (secondary N) is 1. The first-order chi connectivity index (χ1) is 11.9. The van der Waals surface area contributed by atoms with Crippen LogP contribution in [0.15, 0.2) is 40.0 Å². The fourth-order valence-electron chi connectivity index (χ4n) is 2.15. The third-order valence-electron chi connectivity index (χ3n) is 3.59. The standard InChI is InChI=1S/C15H17N5O4S/c1-10-17-14(9-20(10)2)25(21,22)16-8-13-18-15(19-24-13)11-6-4-5-7-12(11)23-3/h4-7,9,16H,8H2,1-3H3. The fraction of sp³-hybridized carbons (Fsp3) is 0.267. The summed E-state index contributed by atoms with van der Waals surface area (Å²) in [6, 6.07) is 7.21. The molecule has 10 heteroatoms. The third kappa shape index (κ3) is 3.54. The van der Waals surface area contributed by atoms with Crippen LogP contribution in [0.5, 0.6) is 5.75 Å². The summed E-state index contributed by atoms with van der Waals surface area (Å²) in [5, 5.41) is 3.81. The number of aryl methyl sites for hydroxylation is 2. The van der Waals surface area contributed by atoms with Crippen LogP contribution in [-0.2, 0) is 23.6 Å². The first kappa shape index (κ1) is 17.1. The van der Waals surface area contributed by atoms with Crippen LogP contribution in [0.4, 0.5) is 0 Å². The van der Waals surface area contributed by atoms with Crippen LogP contribution in [0, 0.1) is 6.92 Å². The van der Waals surface area contributed by atoms with E-state index in [0.717, 1.165) is 0 Å². The van der Waals surface area contributed by atoms with Crippen LogP contribution < -0.4 is 9.46 Å². The van der Waals surface area contributed by atoms with Crippen LogP contribution in [-0.4, -0.2) is 35.2 Å². The number of hydrogen-bond donors (Lipinski definition) is 1. The Balaban J connectivity index is 1.76. The first-order valence-electron chi connectivity index (χ1n) is 7.36. The number of sulfonamides is 1. The predicted molar refractivity (Wildman–Crippen MR) is 88.3 cm³/mol. The molecule has 1 aromatic carbocycles. The van der Waals surface area contributed by atoms with Crippen LogP contribution in [0.1, 0.15) is 11.7 Å². The smallest absolute Gasteiger partial charge is 0.260 e. The summed E-state index contributed by atoms with van der Waals surface area (Å²) in [7, 11) is -0.497. The van der Waals surface area contributed by atoms with Crippen molar-refractivity contribution in [2.45, 2.75) is 18.5 Å². The summed E-state index contributed by atoms with van der Waals surface area (Å²) < 4.78 is 38.9. The summed E-state index contributed by atoms with van der Waals surface area (Å²) in [5.41, 5.74) is 0.656. The van der Waals surface area contributed by atoms with E-state index in [4.69, 9.17) is 9.26 Å². The van der Waals surface area contributed by atoms with Gasteiger partial charge in [-0.3, -0.25) is 0 Å². The van der Waals surface area contributed by atoms with Crippen LogP contribution in [0.25, 0.3) is 11.4 Å². The molecule has 0 aliphatic carbocycles. The van der Waals surface area contributed by atoms with E-state index >= 15 is 0 Å².